The van der Waals surface area contributed by atoms with Gasteiger partial charge in [-0.25, -0.2) is 13.2 Å². The normalized spacial score (nSPS) is 16.4. The lowest BCUT2D eigenvalue weighted by molar-refractivity contribution is 0.448. The van der Waals surface area contributed by atoms with Gasteiger partial charge >= 0.3 is 0 Å². The molecule has 2 nitrogen and oxygen atoms in total. The van der Waals surface area contributed by atoms with Crippen LogP contribution in [-0.4, -0.2) is 6.54 Å². The van der Waals surface area contributed by atoms with Gasteiger partial charge in [-0.3, -0.25) is 0 Å². The summed E-state index contributed by atoms with van der Waals surface area (Å²) in [5.74, 6) is -3.89. The molecule has 1 fully saturated rings. The van der Waals surface area contributed by atoms with Crippen molar-refractivity contribution in [2.24, 2.45) is 5.41 Å². The first kappa shape index (κ1) is 11.8. The van der Waals surface area contributed by atoms with E-state index in [1.807, 2.05) is 0 Å². The standard InChI is InChI=1S/C12H11F3N2/c13-8-1-2-9(11(15)10(8)14)17-7-12(3-4-12)5-6-16/h1-2,17H,3-5,7H2. The van der Waals surface area contributed by atoms with Gasteiger partial charge in [0.25, 0.3) is 0 Å². The highest BCUT2D eigenvalue weighted by molar-refractivity contribution is 5.45. The van der Waals surface area contributed by atoms with Crippen molar-refractivity contribution in [1.29, 1.82) is 5.26 Å². The molecule has 90 valence electrons. The number of halogens is 3. The number of nitrogens with one attached hydrogen (secondary N) is 1. The van der Waals surface area contributed by atoms with Gasteiger partial charge in [-0.2, -0.15) is 5.26 Å². The molecule has 0 unspecified atom stereocenters. The summed E-state index contributed by atoms with van der Waals surface area (Å²) >= 11 is 0. The Morgan fingerprint density at radius 1 is 1.24 bits per heavy atom. The third kappa shape index (κ3) is 2.36. The highest BCUT2D eigenvalue weighted by atomic mass is 19.2. The van der Waals surface area contributed by atoms with E-state index in [-0.39, 0.29) is 11.1 Å². The number of rotatable bonds is 4. The molecule has 0 saturated heterocycles. The maximum atomic E-state index is 13.3. The van der Waals surface area contributed by atoms with E-state index in [0.29, 0.717) is 13.0 Å². The van der Waals surface area contributed by atoms with Crippen LogP contribution in [0.15, 0.2) is 12.1 Å². The fourth-order valence-corrected chi connectivity index (χ4v) is 1.71. The van der Waals surface area contributed by atoms with E-state index < -0.39 is 17.5 Å². The Kier molecular flexibility index (Phi) is 2.97. The third-order valence-electron chi connectivity index (χ3n) is 3.10. The van der Waals surface area contributed by atoms with E-state index in [0.717, 1.165) is 25.0 Å². The molecule has 1 N–H and O–H groups in total. The molecule has 0 aliphatic heterocycles. The average Bonchev–Trinajstić information content (AvgIpc) is 3.06. The molecule has 1 aromatic carbocycles. The first-order chi connectivity index (χ1) is 8.08. The van der Waals surface area contributed by atoms with Crippen LogP contribution < -0.4 is 5.32 Å². The highest BCUT2D eigenvalue weighted by Crippen LogP contribution is 2.48. The molecule has 0 bridgehead atoms. The Balaban J connectivity index is 2.05. The first-order valence-corrected chi connectivity index (χ1v) is 5.32. The summed E-state index contributed by atoms with van der Waals surface area (Å²) in [5, 5.41) is 11.3. The van der Waals surface area contributed by atoms with Crippen LogP contribution in [0.4, 0.5) is 18.9 Å². The predicted molar refractivity (Wildman–Crippen MR) is 56.7 cm³/mol. The fourth-order valence-electron chi connectivity index (χ4n) is 1.71. The smallest absolute Gasteiger partial charge is 0.196 e. The number of hydrogen-bond donors (Lipinski definition) is 1. The number of anilines is 1. The zero-order valence-corrected chi connectivity index (χ0v) is 9.06. The monoisotopic (exact) mass is 240 g/mol. The maximum absolute atomic E-state index is 13.3. The third-order valence-corrected chi connectivity index (χ3v) is 3.10. The summed E-state index contributed by atoms with van der Waals surface area (Å²) < 4.78 is 38.9. The molecule has 0 aromatic heterocycles. The zero-order valence-electron chi connectivity index (χ0n) is 9.06. The Morgan fingerprint density at radius 3 is 2.53 bits per heavy atom. The Hall–Kier alpha value is -1.70. The molecule has 0 amide bonds. The molecule has 2 rings (SSSR count). The molecule has 0 atom stereocenters. The lowest BCUT2D eigenvalue weighted by Crippen LogP contribution is -2.16. The topological polar surface area (TPSA) is 35.8 Å². The summed E-state index contributed by atoms with van der Waals surface area (Å²) in [6.07, 6.45) is 2.20. The van der Waals surface area contributed by atoms with Crippen LogP contribution in [-0.2, 0) is 0 Å². The van der Waals surface area contributed by atoms with Crippen LogP contribution in [0.2, 0.25) is 0 Å². The minimum absolute atomic E-state index is 0.0619. The van der Waals surface area contributed by atoms with Crippen LogP contribution in [0, 0.1) is 34.2 Å². The Morgan fingerprint density at radius 2 is 1.94 bits per heavy atom. The van der Waals surface area contributed by atoms with E-state index in [9.17, 15) is 13.2 Å². The second kappa shape index (κ2) is 4.28. The van der Waals surface area contributed by atoms with Crippen molar-refractivity contribution in [2.45, 2.75) is 19.3 Å². The summed E-state index contributed by atoms with van der Waals surface area (Å²) in [6, 6.07) is 4.12. The zero-order chi connectivity index (χ0) is 12.5. The van der Waals surface area contributed by atoms with E-state index in [1.165, 1.54) is 0 Å². The predicted octanol–water partition coefficient (Wildman–Crippen LogP) is 3.21. The van der Waals surface area contributed by atoms with Crippen molar-refractivity contribution < 1.29 is 13.2 Å². The lowest BCUT2D eigenvalue weighted by atomic mass is 10.0. The van der Waals surface area contributed by atoms with E-state index in [4.69, 9.17) is 5.26 Å². The molecule has 1 aliphatic carbocycles. The summed E-state index contributed by atoms with van der Waals surface area (Å²) in [5.41, 5.74) is -0.181. The van der Waals surface area contributed by atoms with Crippen LogP contribution in [0.3, 0.4) is 0 Å². The minimum atomic E-state index is -1.47. The van der Waals surface area contributed by atoms with Crippen molar-refractivity contribution in [3.8, 4) is 6.07 Å². The van der Waals surface area contributed by atoms with Crippen molar-refractivity contribution >= 4 is 5.69 Å². The number of hydrogen-bond acceptors (Lipinski definition) is 2. The Labute approximate surface area is 97.1 Å². The maximum Gasteiger partial charge on any atom is 0.196 e. The number of nitriles is 1. The second-order valence-electron chi connectivity index (χ2n) is 4.41. The van der Waals surface area contributed by atoms with E-state index in [1.54, 1.807) is 0 Å². The van der Waals surface area contributed by atoms with E-state index >= 15 is 0 Å². The van der Waals surface area contributed by atoms with Crippen LogP contribution in [0.1, 0.15) is 19.3 Å². The molecule has 0 heterocycles. The van der Waals surface area contributed by atoms with Crippen molar-refractivity contribution in [3.05, 3.63) is 29.6 Å². The summed E-state index contributed by atoms with van der Waals surface area (Å²) in [4.78, 5) is 0. The minimum Gasteiger partial charge on any atom is -0.382 e. The number of nitrogens with zero attached hydrogens (tertiary/aromatic N) is 1. The fraction of sp³-hybridized carbons (Fsp3) is 0.417. The average molecular weight is 240 g/mol. The Bertz CT molecular complexity index is 475. The van der Waals surface area contributed by atoms with E-state index in [2.05, 4.69) is 11.4 Å². The van der Waals surface area contributed by atoms with Gasteiger partial charge in [0.15, 0.2) is 17.5 Å². The molecular formula is C12H11F3N2. The first-order valence-electron chi connectivity index (χ1n) is 5.32. The van der Waals surface area contributed by atoms with Crippen LogP contribution >= 0.6 is 0 Å². The van der Waals surface area contributed by atoms with Crippen molar-refractivity contribution in [3.63, 3.8) is 0 Å². The van der Waals surface area contributed by atoms with Gasteiger partial charge in [-0.15, -0.1) is 0 Å². The molecule has 1 saturated carbocycles. The van der Waals surface area contributed by atoms with Crippen LogP contribution in [0.25, 0.3) is 0 Å². The van der Waals surface area contributed by atoms with Crippen molar-refractivity contribution in [1.82, 2.24) is 0 Å². The molecule has 5 heteroatoms. The second-order valence-corrected chi connectivity index (χ2v) is 4.41. The molecular weight excluding hydrogens is 229 g/mol. The van der Waals surface area contributed by atoms with Gasteiger partial charge < -0.3 is 5.32 Å². The molecule has 1 aromatic rings. The van der Waals surface area contributed by atoms with Gasteiger partial charge in [0, 0.05) is 18.4 Å². The van der Waals surface area contributed by atoms with Gasteiger partial charge in [0.05, 0.1) is 11.8 Å². The SMILES string of the molecule is N#CCC1(CNc2ccc(F)c(F)c2F)CC1. The largest absolute Gasteiger partial charge is 0.382 e. The highest BCUT2D eigenvalue weighted by Gasteiger charge is 2.42. The van der Waals surface area contributed by atoms with Crippen LogP contribution in [0.5, 0.6) is 0 Å². The molecule has 0 radical (unpaired) electrons. The number of benzene rings is 1. The van der Waals surface area contributed by atoms with Gasteiger partial charge in [-0.1, -0.05) is 0 Å². The van der Waals surface area contributed by atoms with Gasteiger partial charge in [0.2, 0.25) is 0 Å². The summed E-state index contributed by atoms with van der Waals surface area (Å²) in [6.45, 7) is 0.405. The van der Waals surface area contributed by atoms with Gasteiger partial charge in [0.1, 0.15) is 0 Å². The lowest BCUT2D eigenvalue weighted by Gasteiger charge is -2.14. The molecule has 17 heavy (non-hydrogen) atoms. The van der Waals surface area contributed by atoms with Crippen molar-refractivity contribution in [2.75, 3.05) is 11.9 Å². The molecule has 0 spiro atoms. The molecule has 1 aliphatic rings. The van der Waals surface area contributed by atoms with Gasteiger partial charge in [-0.05, 0) is 25.0 Å². The summed E-state index contributed by atoms with van der Waals surface area (Å²) in [7, 11) is 0. The quantitative estimate of drug-likeness (QED) is 0.820.